The minimum atomic E-state index is -3.86. The van der Waals surface area contributed by atoms with Crippen molar-refractivity contribution in [1.29, 1.82) is 0 Å². The van der Waals surface area contributed by atoms with Gasteiger partial charge in [-0.3, -0.25) is 9.52 Å². The normalized spacial score (nSPS) is 15.2. The third-order valence-electron chi connectivity index (χ3n) is 4.18. The molecule has 0 saturated heterocycles. The molecule has 0 atom stereocenters. The number of nitrogens with zero attached hydrogens (tertiary/aromatic N) is 2. The van der Waals surface area contributed by atoms with E-state index in [0.29, 0.717) is 18.8 Å². The predicted molar refractivity (Wildman–Crippen MR) is 92.4 cm³/mol. The fourth-order valence-corrected chi connectivity index (χ4v) is 3.98. The van der Waals surface area contributed by atoms with Crippen molar-refractivity contribution < 1.29 is 17.6 Å². The number of sulfonamides is 1. The van der Waals surface area contributed by atoms with Gasteiger partial charge in [-0.2, -0.15) is 0 Å². The van der Waals surface area contributed by atoms with Crippen LogP contribution >= 0.6 is 0 Å². The van der Waals surface area contributed by atoms with Crippen LogP contribution in [0, 0.1) is 5.82 Å². The summed E-state index contributed by atoms with van der Waals surface area (Å²) in [5, 5.41) is 0. The summed E-state index contributed by atoms with van der Waals surface area (Å²) < 4.78 is 42.2. The fraction of sp³-hybridized carbons (Fsp3) is 0.353. The zero-order chi connectivity index (χ0) is 18.2. The Labute approximate surface area is 146 Å². The fourth-order valence-electron chi connectivity index (χ4n) is 2.88. The molecule has 1 aromatic carbocycles. The number of aryl methyl sites for hydroxylation is 1. The summed E-state index contributed by atoms with van der Waals surface area (Å²) in [5.41, 5.74) is 0.628. The molecule has 8 heteroatoms. The Balaban J connectivity index is 1.91. The summed E-state index contributed by atoms with van der Waals surface area (Å²) in [7, 11) is -3.86. The van der Waals surface area contributed by atoms with E-state index < -0.39 is 15.8 Å². The first-order valence-electron chi connectivity index (χ1n) is 8.07. The van der Waals surface area contributed by atoms with Crippen LogP contribution in [0.5, 0.6) is 0 Å². The number of carbonyl (C=O) groups is 1. The van der Waals surface area contributed by atoms with Crippen LogP contribution in [-0.2, 0) is 16.6 Å². The van der Waals surface area contributed by atoms with Crippen LogP contribution in [0.25, 0.3) is 0 Å². The van der Waals surface area contributed by atoms with E-state index in [2.05, 4.69) is 4.72 Å². The number of halogens is 1. The molecule has 1 amide bonds. The monoisotopic (exact) mass is 365 g/mol. The topological polar surface area (TPSA) is 71.4 Å². The molecule has 0 saturated carbocycles. The first-order chi connectivity index (χ1) is 11.8. The van der Waals surface area contributed by atoms with Gasteiger partial charge < -0.3 is 9.47 Å². The number of hydrogen-bond acceptors (Lipinski definition) is 3. The molecule has 0 radical (unpaired) electrons. The molecule has 0 fully saturated rings. The van der Waals surface area contributed by atoms with Crippen molar-refractivity contribution in [2.75, 3.05) is 11.3 Å². The first-order valence-corrected chi connectivity index (χ1v) is 9.56. The Kier molecular flexibility index (Phi) is 4.55. The number of benzene rings is 1. The van der Waals surface area contributed by atoms with Crippen molar-refractivity contribution in [2.24, 2.45) is 0 Å². The van der Waals surface area contributed by atoms with Crippen molar-refractivity contribution in [3.8, 4) is 0 Å². The van der Waals surface area contributed by atoms with E-state index in [-0.39, 0.29) is 22.5 Å². The van der Waals surface area contributed by atoms with E-state index in [1.165, 1.54) is 36.5 Å². The number of hydrogen-bond donors (Lipinski definition) is 1. The van der Waals surface area contributed by atoms with Crippen LogP contribution < -0.4 is 4.72 Å². The van der Waals surface area contributed by atoms with Gasteiger partial charge in [0.05, 0.1) is 0 Å². The molecule has 0 spiro atoms. The highest BCUT2D eigenvalue weighted by atomic mass is 32.2. The third kappa shape index (κ3) is 3.53. The van der Waals surface area contributed by atoms with E-state index in [1.807, 2.05) is 13.8 Å². The lowest BCUT2D eigenvalue weighted by Gasteiger charge is -2.24. The number of amides is 1. The number of anilines is 1. The van der Waals surface area contributed by atoms with E-state index in [1.54, 1.807) is 9.47 Å². The second kappa shape index (κ2) is 6.51. The van der Waals surface area contributed by atoms with Crippen molar-refractivity contribution in [3.63, 3.8) is 0 Å². The number of nitrogens with one attached hydrogen (secondary N) is 1. The Morgan fingerprint density at radius 3 is 2.48 bits per heavy atom. The minimum Gasteiger partial charge on any atom is -0.342 e. The first kappa shape index (κ1) is 17.5. The lowest BCUT2D eigenvalue weighted by molar-refractivity contribution is 0.0709. The van der Waals surface area contributed by atoms with Crippen molar-refractivity contribution >= 4 is 21.6 Å². The van der Waals surface area contributed by atoms with Gasteiger partial charge in [0.2, 0.25) is 0 Å². The molecule has 1 aliphatic heterocycles. The lowest BCUT2D eigenvalue weighted by atomic mass is 10.2. The molecule has 1 aliphatic rings. The standard InChI is InChI=1S/C17H20FN3O3S/c1-12(2)21-9-3-8-20-11-15(10-16(20)17(21)22)25(23,24)19-14-6-4-13(18)5-7-14/h4-7,10-12,19H,3,8-9H2,1-2H3. The molecule has 2 aromatic rings. The molecule has 1 aromatic heterocycles. The highest BCUT2D eigenvalue weighted by Gasteiger charge is 2.28. The van der Waals surface area contributed by atoms with Crippen molar-refractivity contribution in [3.05, 3.63) is 48.0 Å². The van der Waals surface area contributed by atoms with E-state index >= 15 is 0 Å². The summed E-state index contributed by atoms with van der Waals surface area (Å²) in [6.07, 6.45) is 2.24. The van der Waals surface area contributed by atoms with Gasteiger partial charge in [-0.25, -0.2) is 12.8 Å². The maximum absolute atomic E-state index is 13.0. The third-order valence-corrected chi connectivity index (χ3v) is 5.53. The van der Waals surface area contributed by atoms with Gasteiger partial charge in [0, 0.05) is 31.0 Å². The average Bonchev–Trinajstić information content (AvgIpc) is 2.91. The largest absolute Gasteiger partial charge is 0.342 e. The highest BCUT2D eigenvalue weighted by molar-refractivity contribution is 7.92. The molecule has 0 unspecified atom stereocenters. The molecule has 3 rings (SSSR count). The van der Waals surface area contributed by atoms with Gasteiger partial charge in [0.25, 0.3) is 15.9 Å². The maximum Gasteiger partial charge on any atom is 0.270 e. The van der Waals surface area contributed by atoms with Crippen LogP contribution in [0.15, 0.2) is 41.4 Å². The van der Waals surface area contributed by atoms with Gasteiger partial charge in [-0.05, 0) is 50.6 Å². The summed E-state index contributed by atoms with van der Waals surface area (Å²) in [5.74, 6) is -0.617. The summed E-state index contributed by atoms with van der Waals surface area (Å²) in [4.78, 5) is 14.4. The predicted octanol–water partition coefficient (Wildman–Crippen LogP) is 2.68. The highest BCUT2D eigenvalue weighted by Crippen LogP contribution is 2.23. The van der Waals surface area contributed by atoms with Crippen LogP contribution in [0.2, 0.25) is 0 Å². The number of fused-ring (bicyclic) bond motifs is 1. The Morgan fingerprint density at radius 2 is 1.84 bits per heavy atom. The van der Waals surface area contributed by atoms with E-state index in [4.69, 9.17) is 0 Å². The minimum absolute atomic E-state index is 0.0192. The van der Waals surface area contributed by atoms with Crippen LogP contribution in [-0.4, -0.2) is 36.4 Å². The molecule has 25 heavy (non-hydrogen) atoms. The molecule has 1 N–H and O–H groups in total. The summed E-state index contributed by atoms with van der Waals surface area (Å²) in [6.45, 7) is 5.10. The molecule has 0 aliphatic carbocycles. The van der Waals surface area contributed by atoms with E-state index in [9.17, 15) is 17.6 Å². The molecule has 2 heterocycles. The van der Waals surface area contributed by atoms with Crippen LogP contribution in [0.4, 0.5) is 10.1 Å². The van der Waals surface area contributed by atoms with Gasteiger partial charge >= 0.3 is 0 Å². The Bertz CT molecular complexity index is 888. The number of rotatable bonds is 4. The molecule has 0 bridgehead atoms. The van der Waals surface area contributed by atoms with Crippen LogP contribution in [0.3, 0.4) is 0 Å². The zero-order valence-corrected chi connectivity index (χ0v) is 14.9. The zero-order valence-electron chi connectivity index (χ0n) is 14.1. The lowest BCUT2D eigenvalue weighted by Crippen LogP contribution is -2.36. The maximum atomic E-state index is 13.0. The smallest absolute Gasteiger partial charge is 0.270 e. The Hall–Kier alpha value is -2.35. The average molecular weight is 365 g/mol. The van der Waals surface area contributed by atoms with Crippen molar-refractivity contribution in [2.45, 2.75) is 37.8 Å². The van der Waals surface area contributed by atoms with Gasteiger partial charge in [0.1, 0.15) is 16.4 Å². The van der Waals surface area contributed by atoms with Gasteiger partial charge in [0.15, 0.2) is 0 Å². The molecule has 134 valence electrons. The summed E-state index contributed by atoms with van der Waals surface area (Å²) >= 11 is 0. The van der Waals surface area contributed by atoms with Crippen molar-refractivity contribution in [1.82, 2.24) is 9.47 Å². The van der Waals surface area contributed by atoms with Gasteiger partial charge in [-0.1, -0.05) is 0 Å². The second-order valence-electron chi connectivity index (χ2n) is 6.31. The molecule has 6 nitrogen and oxygen atoms in total. The van der Waals surface area contributed by atoms with Gasteiger partial charge in [-0.15, -0.1) is 0 Å². The number of carbonyl (C=O) groups excluding carboxylic acids is 1. The molecular formula is C17H20FN3O3S. The number of aromatic nitrogens is 1. The second-order valence-corrected chi connectivity index (χ2v) is 8.00. The Morgan fingerprint density at radius 1 is 1.16 bits per heavy atom. The SMILES string of the molecule is CC(C)N1CCCn2cc(S(=O)(=O)Nc3ccc(F)cc3)cc2C1=O. The van der Waals surface area contributed by atoms with Crippen LogP contribution in [0.1, 0.15) is 30.8 Å². The quantitative estimate of drug-likeness (QED) is 0.905. The van der Waals surface area contributed by atoms with E-state index in [0.717, 1.165) is 6.42 Å². The molecular weight excluding hydrogens is 345 g/mol. The summed E-state index contributed by atoms with van der Waals surface area (Å²) in [6, 6.07) is 6.49.